The third-order valence-corrected chi connectivity index (χ3v) is 13.0. The predicted molar refractivity (Wildman–Crippen MR) is 293 cm³/mol. The molecule has 0 fully saturated rings. The molecule has 332 valence electrons. The van der Waals surface area contributed by atoms with Gasteiger partial charge in [-0.25, -0.2) is 0 Å². The van der Waals surface area contributed by atoms with E-state index >= 15 is 0 Å². The van der Waals surface area contributed by atoms with Gasteiger partial charge in [0, 0.05) is 50.0 Å². The van der Waals surface area contributed by atoms with Gasteiger partial charge in [0.1, 0.15) is 0 Å². The second-order valence-corrected chi connectivity index (χ2v) is 18.1. The Morgan fingerprint density at radius 3 is 1.35 bits per heavy atom. The van der Waals surface area contributed by atoms with Crippen molar-refractivity contribution >= 4 is 66.4 Å². The lowest BCUT2D eigenvalue weighted by atomic mass is 10.0. The normalized spacial score (nSPS) is 12.1. The minimum absolute atomic E-state index is 1.13. The summed E-state index contributed by atoms with van der Waals surface area (Å²) < 4.78 is 4.75. The highest BCUT2D eigenvalue weighted by atomic mass is 15.1. The van der Waals surface area contributed by atoms with Crippen LogP contribution in [-0.4, -0.2) is 9.13 Å². The summed E-state index contributed by atoms with van der Waals surface area (Å²) in [5.41, 5.74) is 19.8. The molecule has 3 heteroatoms. The van der Waals surface area contributed by atoms with Gasteiger partial charge in [0.2, 0.25) is 0 Å². The minimum atomic E-state index is 1.13. The third kappa shape index (κ3) is 9.04. The van der Waals surface area contributed by atoms with Crippen molar-refractivity contribution in [3.05, 3.63) is 258 Å². The number of rotatable bonds is 6. The van der Waals surface area contributed by atoms with Crippen molar-refractivity contribution in [2.75, 3.05) is 4.90 Å². The molecule has 1 aliphatic rings. The highest BCUT2D eigenvalue weighted by Crippen LogP contribution is 2.40. The molecule has 1 aliphatic carbocycles. The van der Waals surface area contributed by atoms with Crippen LogP contribution in [0.3, 0.4) is 0 Å². The van der Waals surface area contributed by atoms with E-state index in [9.17, 15) is 0 Å². The monoisotopic (exact) mass is 879 g/mol. The molecule has 12 rings (SSSR count). The van der Waals surface area contributed by atoms with Crippen LogP contribution in [-0.2, 0) is 0 Å². The zero-order valence-corrected chi connectivity index (χ0v) is 39.7. The van der Waals surface area contributed by atoms with E-state index in [4.69, 9.17) is 0 Å². The van der Waals surface area contributed by atoms with Gasteiger partial charge in [0.15, 0.2) is 0 Å². The molecule has 0 amide bonds. The van der Waals surface area contributed by atoms with Crippen LogP contribution in [0.4, 0.5) is 17.1 Å². The van der Waals surface area contributed by atoms with E-state index in [0.717, 1.165) is 29.9 Å². The molecule has 2 aromatic heterocycles. The van der Waals surface area contributed by atoms with Gasteiger partial charge in [-0.2, -0.15) is 0 Å². The molecule has 0 spiro atoms. The van der Waals surface area contributed by atoms with Gasteiger partial charge in [0.25, 0.3) is 0 Å². The van der Waals surface area contributed by atoms with Gasteiger partial charge in [0.05, 0.1) is 22.1 Å². The fourth-order valence-corrected chi connectivity index (χ4v) is 9.41. The molecule has 0 aliphatic heterocycles. The van der Waals surface area contributed by atoms with Crippen molar-refractivity contribution in [3.8, 4) is 16.8 Å². The van der Waals surface area contributed by atoms with E-state index in [1.54, 1.807) is 0 Å². The molecular weight excluding hydrogens is 823 g/mol. The van der Waals surface area contributed by atoms with E-state index in [-0.39, 0.29) is 0 Å². The average Bonchev–Trinajstić information content (AvgIpc) is 3.89. The van der Waals surface area contributed by atoms with Gasteiger partial charge >= 0.3 is 0 Å². The van der Waals surface area contributed by atoms with Crippen molar-refractivity contribution in [1.82, 2.24) is 9.13 Å². The number of anilines is 3. The number of benzene rings is 9. The molecule has 2 heterocycles. The Morgan fingerprint density at radius 1 is 0.338 bits per heavy atom. The quantitative estimate of drug-likeness (QED) is 0.162. The lowest BCUT2D eigenvalue weighted by Crippen LogP contribution is -2.10. The molecule has 0 saturated carbocycles. The lowest BCUT2D eigenvalue weighted by molar-refractivity contribution is 1.02. The van der Waals surface area contributed by atoms with Crippen LogP contribution >= 0.6 is 0 Å². The maximum Gasteiger partial charge on any atom is 0.0542 e. The van der Waals surface area contributed by atoms with E-state index in [2.05, 4.69) is 279 Å². The molecule has 0 unspecified atom stereocenters. The highest BCUT2D eigenvalue weighted by Gasteiger charge is 2.18. The van der Waals surface area contributed by atoms with Crippen LogP contribution in [0.15, 0.2) is 231 Å². The van der Waals surface area contributed by atoms with Crippen LogP contribution in [0, 0.1) is 34.6 Å². The minimum Gasteiger partial charge on any atom is -0.310 e. The highest BCUT2D eigenvalue weighted by molar-refractivity contribution is 6.11. The first-order valence-corrected chi connectivity index (χ1v) is 23.8. The van der Waals surface area contributed by atoms with Crippen molar-refractivity contribution < 1.29 is 0 Å². The van der Waals surface area contributed by atoms with Crippen LogP contribution in [0.1, 0.15) is 40.7 Å². The average molecular weight is 880 g/mol. The zero-order chi connectivity index (χ0) is 46.6. The Bertz CT molecular complexity index is 3550. The van der Waals surface area contributed by atoms with E-state index in [1.807, 2.05) is 0 Å². The van der Waals surface area contributed by atoms with E-state index in [1.165, 1.54) is 93.9 Å². The summed E-state index contributed by atoms with van der Waals surface area (Å²) in [7, 11) is 0. The fourth-order valence-electron chi connectivity index (χ4n) is 9.41. The van der Waals surface area contributed by atoms with Crippen molar-refractivity contribution in [1.29, 1.82) is 0 Å². The number of allylic oxidation sites excluding steroid dienone is 4. The molecule has 0 atom stereocenters. The second kappa shape index (κ2) is 19.4. The molecule has 0 saturated heterocycles. The number of hydrogen-bond acceptors (Lipinski definition) is 1. The van der Waals surface area contributed by atoms with Crippen molar-refractivity contribution in [3.63, 3.8) is 0 Å². The maximum absolute atomic E-state index is 2.39. The molecule has 9 aromatic carbocycles. The molecular formula is C65H57N3. The fraction of sp³-hybridized carbons (Fsp3) is 0.108. The second-order valence-electron chi connectivity index (χ2n) is 18.1. The summed E-state index contributed by atoms with van der Waals surface area (Å²) >= 11 is 0. The number of nitrogens with zero attached hydrogens (tertiary/aromatic N) is 3. The van der Waals surface area contributed by atoms with Gasteiger partial charge < -0.3 is 14.0 Å². The molecule has 3 nitrogen and oxygen atoms in total. The molecule has 68 heavy (non-hydrogen) atoms. The smallest absolute Gasteiger partial charge is 0.0542 e. The Hall–Kier alpha value is -8.14. The SMILES string of the molecule is Cc1ccc(-c2ccc(N(c3ccc(C)cc3)c3ccc4c(c3)c3ccccc3n4-c3ccccc3)cc2)cc1.Cc1ccc(C)cc1.Cc1ccc2c(c1)c1ccccc1n2C1=CCCC=C1. The Morgan fingerprint density at radius 2 is 0.765 bits per heavy atom. The zero-order valence-electron chi connectivity index (χ0n) is 39.7. The Balaban J connectivity index is 0.000000158. The first-order chi connectivity index (χ1) is 33.3. The van der Waals surface area contributed by atoms with Gasteiger partial charge in [-0.05, 0) is 144 Å². The summed E-state index contributed by atoms with van der Waals surface area (Å²) in [5, 5.41) is 5.18. The van der Waals surface area contributed by atoms with E-state index in [0.29, 0.717) is 0 Å². The Labute approximate surface area is 401 Å². The van der Waals surface area contributed by atoms with Gasteiger partial charge in [-0.15, -0.1) is 0 Å². The topological polar surface area (TPSA) is 13.1 Å². The predicted octanol–water partition coefficient (Wildman–Crippen LogP) is 18.1. The molecule has 0 N–H and O–H groups in total. The summed E-state index contributed by atoms with van der Waals surface area (Å²) in [6, 6.07) is 76.5. The molecule has 0 radical (unpaired) electrons. The van der Waals surface area contributed by atoms with Crippen LogP contribution in [0.2, 0.25) is 0 Å². The van der Waals surface area contributed by atoms with Crippen LogP contribution < -0.4 is 4.90 Å². The first-order valence-electron chi connectivity index (χ1n) is 23.8. The number of hydrogen-bond donors (Lipinski definition) is 0. The largest absolute Gasteiger partial charge is 0.310 e. The van der Waals surface area contributed by atoms with E-state index < -0.39 is 0 Å². The van der Waals surface area contributed by atoms with Gasteiger partial charge in [-0.1, -0.05) is 173 Å². The number of aryl methyl sites for hydroxylation is 5. The molecule has 11 aromatic rings. The number of aromatic nitrogens is 2. The number of fused-ring (bicyclic) bond motifs is 6. The number of para-hydroxylation sites is 3. The first kappa shape index (κ1) is 43.7. The Kier molecular flexibility index (Phi) is 12.5. The van der Waals surface area contributed by atoms with Crippen molar-refractivity contribution in [2.24, 2.45) is 0 Å². The van der Waals surface area contributed by atoms with Crippen LogP contribution in [0.5, 0.6) is 0 Å². The maximum atomic E-state index is 2.39. The summed E-state index contributed by atoms with van der Waals surface area (Å²) in [4.78, 5) is 2.35. The van der Waals surface area contributed by atoms with Crippen molar-refractivity contribution in [2.45, 2.75) is 47.5 Å². The third-order valence-electron chi connectivity index (χ3n) is 13.0. The summed E-state index contributed by atoms with van der Waals surface area (Å²) in [6.45, 7) is 10.6. The lowest BCUT2D eigenvalue weighted by Gasteiger charge is -2.26. The van der Waals surface area contributed by atoms with Gasteiger partial charge in [-0.3, -0.25) is 0 Å². The molecule has 0 bridgehead atoms. The summed E-state index contributed by atoms with van der Waals surface area (Å²) in [6.07, 6.45) is 9.14. The summed E-state index contributed by atoms with van der Waals surface area (Å²) in [5.74, 6) is 0. The van der Waals surface area contributed by atoms with Crippen LogP contribution in [0.25, 0.3) is 66.1 Å². The standard InChI is InChI=1S/C38H30N2.C19H17N.C8H10/c1-27-12-16-29(17-13-27)30-18-22-33(23-19-30)39(32-20-14-28(2)15-21-32)34-24-25-38-36(26-34)35-10-6-7-11-37(35)40(38)31-8-4-3-5-9-31;1-14-11-12-19-17(13-14)16-9-5-6-10-18(16)20(19)15-7-3-2-4-8-15;1-7-3-5-8(2)6-4-7/h3-26H,1-2H3;3,5-13H,2,4H2,1H3;3-6H,1-2H3.